The summed E-state index contributed by atoms with van der Waals surface area (Å²) in [7, 11) is 3.06. The standard InChI is InChI=1S/C34H40N6O3S/c1-7-38(8-2)24-12-14-25(15-13-24)39-22(3)19-27(23(39)4)33-32(28-11-9-10-18-35-28)37-34(44)40(33)26-16-17-30(43-6)29(20-26)36-31(41)21-42-5/h9-20,32-33H,7-8,21H2,1-6H3,(H,36,41)(H,37,44)/t32-,33+/m1/s1. The Hall–Kier alpha value is -4.41. The van der Waals surface area contributed by atoms with Gasteiger partial charge in [-0.3, -0.25) is 9.78 Å². The molecule has 1 fully saturated rings. The Kier molecular flexibility index (Phi) is 9.51. The molecule has 9 nitrogen and oxygen atoms in total. The van der Waals surface area contributed by atoms with E-state index in [1.807, 2.05) is 36.4 Å². The second-order valence-electron chi connectivity index (χ2n) is 10.7. The van der Waals surface area contributed by atoms with E-state index >= 15 is 0 Å². The van der Waals surface area contributed by atoms with Crippen molar-refractivity contribution in [2.45, 2.75) is 39.8 Å². The average Bonchev–Trinajstić information content (AvgIpc) is 3.53. The molecule has 0 aliphatic carbocycles. The summed E-state index contributed by atoms with van der Waals surface area (Å²) in [6.07, 6.45) is 1.80. The van der Waals surface area contributed by atoms with Gasteiger partial charge in [0.25, 0.3) is 0 Å². The number of amides is 1. The number of methoxy groups -OCH3 is 2. The van der Waals surface area contributed by atoms with E-state index in [1.165, 1.54) is 12.8 Å². The summed E-state index contributed by atoms with van der Waals surface area (Å²) < 4.78 is 12.9. The van der Waals surface area contributed by atoms with Gasteiger partial charge in [-0.05, 0) is 106 Å². The lowest BCUT2D eigenvalue weighted by atomic mass is 9.96. The maximum absolute atomic E-state index is 12.5. The van der Waals surface area contributed by atoms with Crippen LogP contribution in [0.5, 0.6) is 5.75 Å². The third-order valence-electron chi connectivity index (χ3n) is 8.13. The summed E-state index contributed by atoms with van der Waals surface area (Å²) >= 11 is 5.99. The van der Waals surface area contributed by atoms with Gasteiger partial charge in [0.15, 0.2) is 5.11 Å². The second kappa shape index (κ2) is 13.5. The number of pyridine rings is 1. The summed E-state index contributed by atoms with van der Waals surface area (Å²) in [6, 6.07) is 22.2. The molecule has 1 saturated heterocycles. The highest BCUT2D eigenvalue weighted by atomic mass is 32.1. The first-order chi connectivity index (χ1) is 21.3. The third-order valence-corrected chi connectivity index (χ3v) is 8.45. The van der Waals surface area contributed by atoms with Crippen molar-refractivity contribution in [1.29, 1.82) is 0 Å². The molecule has 1 amide bonds. The zero-order chi connectivity index (χ0) is 31.4. The van der Waals surface area contributed by atoms with Crippen LogP contribution in [0.4, 0.5) is 17.1 Å². The summed E-state index contributed by atoms with van der Waals surface area (Å²) in [4.78, 5) is 21.6. The highest BCUT2D eigenvalue weighted by Crippen LogP contribution is 2.45. The number of nitrogens with zero attached hydrogens (tertiary/aromatic N) is 4. The van der Waals surface area contributed by atoms with Gasteiger partial charge in [-0.2, -0.15) is 0 Å². The van der Waals surface area contributed by atoms with Crippen LogP contribution in [0.25, 0.3) is 5.69 Å². The van der Waals surface area contributed by atoms with Crippen molar-refractivity contribution in [2.75, 3.05) is 49.0 Å². The maximum atomic E-state index is 12.5. The number of anilines is 3. The summed E-state index contributed by atoms with van der Waals surface area (Å²) in [6.45, 7) is 10.5. The molecule has 4 aromatic rings. The van der Waals surface area contributed by atoms with Crippen molar-refractivity contribution in [1.82, 2.24) is 14.9 Å². The van der Waals surface area contributed by atoms with Gasteiger partial charge in [-0.25, -0.2) is 0 Å². The molecule has 0 bridgehead atoms. The second-order valence-corrected chi connectivity index (χ2v) is 11.1. The molecule has 5 rings (SSSR count). The number of hydrogen-bond acceptors (Lipinski definition) is 6. The van der Waals surface area contributed by atoms with E-state index in [9.17, 15) is 4.79 Å². The largest absolute Gasteiger partial charge is 0.495 e. The molecule has 1 aliphatic rings. The number of rotatable bonds is 11. The highest BCUT2D eigenvalue weighted by molar-refractivity contribution is 7.80. The fraction of sp³-hybridized carbons (Fsp3) is 0.324. The van der Waals surface area contributed by atoms with Crippen molar-refractivity contribution in [3.05, 3.63) is 95.6 Å². The van der Waals surface area contributed by atoms with Crippen LogP contribution >= 0.6 is 12.2 Å². The van der Waals surface area contributed by atoms with Gasteiger partial charge in [0.2, 0.25) is 5.91 Å². The molecule has 0 unspecified atom stereocenters. The summed E-state index contributed by atoms with van der Waals surface area (Å²) in [5.41, 5.74) is 7.90. The number of benzene rings is 2. The fourth-order valence-electron chi connectivity index (χ4n) is 6.10. The van der Waals surface area contributed by atoms with Crippen molar-refractivity contribution in [3.63, 3.8) is 0 Å². The van der Waals surface area contributed by atoms with Crippen molar-refractivity contribution in [2.24, 2.45) is 0 Å². The minimum atomic E-state index is -0.274. The lowest BCUT2D eigenvalue weighted by Crippen LogP contribution is -2.29. The lowest BCUT2D eigenvalue weighted by molar-refractivity contribution is -0.119. The van der Waals surface area contributed by atoms with Crippen molar-refractivity contribution in [3.8, 4) is 11.4 Å². The molecule has 0 spiro atoms. The molecule has 0 radical (unpaired) electrons. The number of aryl methyl sites for hydroxylation is 1. The van der Waals surface area contributed by atoms with Crippen LogP contribution in [0.2, 0.25) is 0 Å². The number of carbonyl (C=O) groups is 1. The molecule has 2 aromatic heterocycles. The van der Waals surface area contributed by atoms with Crippen molar-refractivity contribution >= 4 is 40.3 Å². The topological polar surface area (TPSA) is 83.9 Å². The smallest absolute Gasteiger partial charge is 0.250 e. The first-order valence-electron chi connectivity index (χ1n) is 14.8. The van der Waals surface area contributed by atoms with E-state index in [0.29, 0.717) is 16.5 Å². The van der Waals surface area contributed by atoms with Gasteiger partial charge in [0.1, 0.15) is 12.4 Å². The molecule has 10 heteroatoms. The van der Waals surface area contributed by atoms with Crippen LogP contribution in [0, 0.1) is 13.8 Å². The first kappa shape index (κ1) is 31.0. The minimum Gasteiger partial charge on any atom is -0.495 e. The van der Waals surface area contributed by atoms with Crippen LogP contribution in [-0.4, -0.2) is 54.5 Å². The number of ether oxygens (including phenoxy) is 2. The Morgan fingerprint density at radius 1 is 1.02 bits per heavy atom. The van der Waals surface area contributed by atoms with E-state index in [0.717, 1.165) is 47.1 Å². The Bertz CT molecular complexity index is 1620. The van der Waals surface area contributed by atoms with Crippen LogP contribution < -0.4 is 25.2 Å². The van der Waals surface area contributed by atoms with Crippen LogP contribution in [-0.2, 0) is 9.53 Å². The highest BCUT2D eigenvalue weighted by Gasteiger charge is 2.42. The fourth-order valence-corrected chi connectivity index (χ4v) is 6.44. The van der Waals surface area contributed by atoms with Crippen LogP contribution in [0.1, 0.15) is 48.6 Å². The van der Waals surface area contributed by atoms with E-state index in [1.54, 1.807) is 13.3 Å². The number of hydrogen-bond donors (Lipinski definition) is 2. The monoisotopic (exact) mass is 612 g/mol. The Labute approximate surface area is 264 Å². The van der Waals surface area contributed by atoms with Crippen molar-refractivity contribution < 1.29 is 14.3 Å². The third kappa shape index (κ3) is 6.00. The van der Waals surface area contributed by atoms with Gasteiger partial charge < -0.3 is 34.5 Å². The number of thiocarbonyl (C=S) groups is 1. The predicted molar refractivity (Wildman–Crippen MR) is 180 cm³/mol. The Morgan fingerprint density at radius 3 is 2.39 bits per heavy atom. The number of carbonyl (C=O) groups excluding carboxylic acids is 1. The normalized spacial score (nSPS) is 16.1. The molecular formula is C34H40N6O3S. The molecule has 1 aliphatic heterocycles. The SMILES string of the molecule is CCN(CC)c1ccc(-n2c(C)cc([C@H]3[C@@H](c4ccccn4)NC(=S)N3c3ccc(OC)c(NC(=O)COC)c3)c2C)cc1. The Balaban J connectivity index is 1.61. The van der Waals surface area contributed by atoms with Gasteiger partial charge in [0, 0.05) is 54.8 Å². The summed E-state index contributed by atoms with van der Waals surface area (Å²) in [5, 5.41) is 7.02. The average molecular weight is 613 g/mol. The van der Waals surface area contributed by atoms with E-state index in [4.69, 9.17) is 26.7 Å². The van der Waals surface area contributed by atoms with E-state index < -0.39 is 0 Å². The predicted octanol–water partition coefficient (Wildman–Crippen LogP) is 6.11. The lowest BCUT2D eigenvalue weighted by Gasteiger charge is -2.29. The van der Waals surface area contributed by atoms with Gasteiger partial charge in [0.05, 0.1) is 30.6 Å². The zero-order valence-corrected chi connectivity index (χ0v) is 26.9. The molecule has 0 saturated carbocycles. The van der Waals surface area contributed by atoms with Gasteiger partial charge in [-0.1, -0.05) is 6.07 Å². The van der Waals surface area contributed by atoms with Crippen LogP contribution in [0.15, 0.2) is 72.9 Å². The molecule has 3 heterocycles. The zero-order valence-electron chi connectivity index (χ0n) is 26.1. The van der Waals surface area contributed by atoms with Gasteiger partial charge in [-0.15, -0.1) is 0 Å². The molecule has 2 atom stereocenters. The van der Waals surface area contributed by atoms with Crippen LogP contribution in [0.3, 0.4) is 0 Å². The molecule has 2 N–H and O–H groups in total. The number of nitrogens with one attached hydrogen (secondary N) is 2. The molecular weight excluding hydrogens is 572 g/mol. The molecule has 44 heavy (non-hydrogen) atoms. The molecule has 2 aromatic carbocycles. The number of aromatic nitrogens is 2. The van der Waals surface area contributed by atoms with E-state index in [2.05, 4.69) is 83.0 Å². The quantitative estimate of drug-likeness (QED) is 0.197. The minimum absolute atomic E-state index is 0.0661. The first-order valence-corrected chi connectivity index (χ1v) is 15.2. The summed E-state index contributed by atoms with van der Waals surface area (Å²) in [5.74, 6) is 0.268. The molecule has 230 valence electrons. The Morgan fingerprint density at radius 2 is 1.75 bits per heavy atom. The van der Waals surface area contributed by atoms with E-state index in [-0.39, 0.29) is 24.6 Å². The maximum Gasteiger partial charge on any atom is 0.250 e. The van der Waals surface area contributed by atoms with Gasteiger partial charge >= 0.3 is 0 Å².